The Balaban J connectivity index is 1.81. The van der Waals surface area contributed by atoms with E-state index in [0.29, 0.717) is 5.69 Å². The molecule has 0 fully saturated rings. The molecule has 0 spiro atoms. The van der Waals surface area contributed by atoms with Crippen molar-refractivity contribution in [1.82, 2.24) is 15.4 Å². The molecule has 0 aliphatic heterocycles. The second kappa shape index (κ2) is 8.60. The summed E-state index contributed by atoms with van der Waals surface area (Å²) in [4.78, 5) is 41.0. The summed E-state index contributed by atoms with van der Waals surface area (Å²) in [6, 6.07) is 12.2. The summed E-state index contributed by atoms with van der Waals surface area (Å²) in [6.45, 7) is 1.91. The number of nitro groups is 2. The highest BCUT2D eigenvalue weighted by Crippen LogP contribution is 2.30. The lowest BCUT2D eigenvalue weighted by Crippen LogP contribution is -2.30. The van der Waals surface area contributed by atoms with E-state index in [1.54, 1.807) is 12.1 Å². The van der Waals surface area contributed by atoms with Crippen LogP contribution in [0.25, 0.3) is 0 Å². The molecule has 152 valence electrons. The van der Waals surface area contributed by atoms with Crippen LogP contribution in [-0.4, -0.2) is 25.7 Å². The van der Waals surface area contributed by atoms with E-state index in [1.807, 2.05) is 19.1 Å². The molecule has 1 aromatic heterocycles. The molecule has 0 unspecified atom stereocenters. The number of non-ortho nitro benzene ring substituents is 1. The van der Waals surface area contributed by atoms with Crippen molar-refractivity contribution in [2.75, 3.05) is 10.7 Å². The van der Waals surface area contributed by atoms with E-state index in [4.69, 9.17) is 0 Å². The van der Waals surface area contributed by atoms with Crippen LogP contribution in [0.3, 0.4) is 0 Å². The number of carbonyl (C=O) groups is 1. The molecule has 12 nitrogen and oxygen atoms in total. The normalized spacial score (nSPS) is 10.2. The molecule has 12 heteroatoms. The predicted octanol–water partition coefficient (Wildman–Crippen LogP) is 3.10. The van der Waals surface area contributed by atoms with Gasteiger partial charge in [-0.05, 0) is 25.1 Å². The molecule has 2 aromatic carbocycles. The fourth-order valence-electron chi connectivity index (χ4n) is 2.46. The molecular weight excluding hydrogens is 394 g/mol. The van der Waals surface area contributed by atoms with Crippen molar-refractivity contribution in [1.29, 1.82) is 0 Å². The number of hydrazine groups is 1. The number of hydrogen-bond acceptors (Lipinski definition) is 9. The fourth-order valence-corrected chi connectivity index (χ4v) is 2.46. The lowest BCUT2D eigenvalue weighted by Gasteiger charge is -2.11. The van der Waals surface area contributed by atoms with Crippen molar-refractivity contribution in [2.45, 2.75) is 6.92 Å². The summed E-state index contributed by atoms with van der Waals surface area (Å²) in [7, 11) is 0. The van der Waals surface area contributed by atoms with E-state index in [2.05, 4.69) is 26.1 Å². The minimum Gasteiger partial charge on any atom is -0.334 e. The molecule has 0 radical (unpaired) electrons. The first-order valence-electron chi connectivity index (χ1n) is 8.49. The number of aryl methyl sites for hydroxylation is 1. The first-order chi connectivity index (χ1) is 14.3. The number of nitro benzene ring substituents is 1. The highest BCUT2D eigenvalue weighted by Gasteiger charge is 2.24. The Hall–Kier alpha value is -4.61. The van der Waals surface area contributed by atoms with Gasteiger partial charge in [-0.25, -0.2) is 9.97 Å². The van der Waals surface area contributed by atoms with E-state index in [1.165, 1.54) is 18.2 Å². The third-order valence-electron chi connectivity index (χ3n) is 3.93. The minimum absolute atomic E-state index is 0.00795. The predicted molar refractivity (Wildman–Crippen MR) is 107 cm³/mol. The number of nitrogens with zero attached hydrogens (tertiary/aromatic N) is 4. The Kier molecular flexibility index (Phi) is 5.77. The van der Waals surface area contributed by atoms with Gasteiger partial charge in [0.15, 0.2) is 0 Å². The maximum atomic E-state index is 12.3. The van der Waals surface area contributed by atoms with Gasteiger partial charge in [0.25, 0.3) is 11.6 Å². The highest BCUT2D eigenvalue weighted by molar-refractivity contribution is 5.95. The Morgan fingerprint density at radius 1 is 0.967 bits per heavy atom. The fraction of sp³-hybridized carbons (Fsp3) is 0.0556. The molecule has 3 aromatic rings. The van der Waals surface area contributed by atoms with Crippen LogP contribution >= 0.6 is 0 Å². The minimum atomic E-state index is -0.736. The van der Waals surface area contributed by atoms with Crippen LogP contribution in [0.15, 0.2) is 54.9 Å². The number of anilines is 3. The Morgan fingerprint density at radius 2 is 1.67 bits per heavy atom. The number of hydrogen-bond donors (Lipinski definition) is 3. The zero-order valence-electron chi connectivity index (χ0n) is 15.5. The summed E-state index contributed by atoms with van der Waals surface area (Å²) in [5, 5.41) is 25.3. The maximum absolute atomic E-state index is 12.3. The quantitative estimate of drug-likeness (QED) is 0.392. The van der Waals surface area contributed by atoms with Crippen LogP contribution in [0.5, 0.6) is 0 Å². The van der Waals surface area contributed by atoms with Crippen LogP contribution in [0.4, 0.5) is 28.7 Å². The van der Waals surface area contributed by atoms with E-state index in [-0.39, 0.29) is 22.9 Å². The molecule has 0 bridgehead atoms. The number of rotatable bonds is 7. The van der Waals surface area contributed by atoms with Gasteiger partial charge in [0.1, 0.15) is 6.33 Å². The van der Waals surface area contributed by atoms with E-state index >= 15 is 0 Å². The molecular formula is C18H15N7O5. The summed E-state index contributed by atoms with van der Waals surface area (Å²) in [6.07, 6.45) is 1.09. The zero-order valence-corrected chi connectivity index (χ0v) is 15.5. The van der Waals surface area contributed by atoms with E-state index in [9.17, 15) is 25.0 Å². The Labute approximate surface area is 169 Å². The van der Waals surface area contributed by atoms with Crippen LogP contribution in [0.2, 0.25) is 0 Å². The SMILES string of the molecule is Cc1ccc(Nc2ncnc(NNC(=O)c3cccc([N+](=O)[O-])c3)c2[N+](=O)[O-])cc1. The monoisotopic (exact) mass is 409 g/mol. The largest absolute Gasteiger partial charge is 0.355 e. The molecule has 1 heterocycles. The van der Waals surface area contributed by atoms with Crippen molar-refractivity contribution in [3.63, 3.8) is 0 Å². The lowest BCUT2D eigenvalue weighted by atomic mass is 10.2. The standard InChI is InChI=1S/C18H15N7O5/c1-11-5-7-13(8-6-11)21-16-15(25(29)30)17(20-10-19-16)22-23-18(26)12-3-2-4-14(9-12)24(27)28/h2-10H,1H3,(H,23,26)(H2,19,20,21,22). The van der Waals surface area contributed by atoms with Gasteiger partial charge in [-0.3, -0.25) is 35.9 Å². The van der Waals surface area contributed by atoms with Crippen molar-refractivity contribution < 1.29 is 14.6 Å². The molecule has 0 saturated carbocycles. The first-order valence-corrected chi connectivity index (χ1v) is 8.49. The average molecular weight is 409 g/mol. The zero-order chi connectivity index (χ0) is 21.7. The van der Waals surface area contributed by atoms with Gasteiger partial charge in [-0.1, -0.05) is 23.8 Å². The van der Waals surface area contributed by atoms with Gasteiger partial charge in [-0.15, -0.1) is 0 Å². The van der Waals surface area contributed by atoms with Crippen molar-refractivity contribution in [2.24, 2.45) is 0 Å². The van der Waals surface area contributed by atoms with Crippen LogP contribution in [0, 0.1) is 27.2 Å². The molecule has 3 rings (SSSR count). The highest BCUT2D eigenvalue weighted by atomic mass is 16.6. The molecule has 0 aliphatic carbocycles. The topological polar surface area (TPSA) is 165 Å². The van der Waals surface area contributed by atoms with Crippen molar-refractivity contribution in [3.05, 3.63) is 86.2 Å². The van der Waals surface area contributed by atoms with Crippen molar-refractivity contribution >= 4 is 34.6 Å². The molecule has 1 amide bonds. The lowest BCUT2D eigenvalue weighted by molar-refractivity contribution is -0.384. The van der Waals surface area contributed by atoms with Gasteiger partial charge < -0.3 is 5.32 Å². The van der Waals surface area contributed by atoms with Gasteiger partial charge in [-0.2, -0.15) is 0 Å². The van der Waals surface area contributed by atoms with Gasteiger partial charge in [0, 0.05) is 23.4 Å². The molecule has 3 N–H and O–H groups in total. The number of carbonyl (C=O) groups excluding carboxylic acids is 1. The first kappa shape index (κ1) is 20.1. The molecule has 0 aliphatic rings. The van der Waals surface area contributed by atoms with Crippen molar-refractivity contribution in [3.8, 4) is 0 Å². The third-order valence-corrected chi connectivity index (χ3v) is 3.93. The average Bonchev–Trinajstić information content (AvgIpc) is 2.73. The number of amides is 1. The van der Waals surface area contributed by atoms with E-state index < -0.39 is 21.4 Å². The smallest absolute Gasteiger partial charge is 0.334 e. The molecule has 0 atom stereocenters. The van der Waals surface area contributed by atoms with Gasteiger partial charge in [0.2, 0.25) is 11.6 Å². The summed E-state index contributed by atoms with van der Waals surface area (Å²) in [5.41, 5.74) is 5.45. The van der Waals surface area contributed by atoms with E-state index in [0.717, 1.165) is 18.0 Å². The Bertz CT molecular complexity index is 1120. The number of benzene rings is 2. The van der Waals surface area contributed by atoms with Gasteiger partial charge in [0.05, 0.1) is 9.85 Å². The molecule has 0 saturated heterocycles. The summed E-state index contributed by atoms with van der Waals surface area (Å²) in [5.74, 6) is -1.08. The summed E-state index contributed by atoms with van der Waals surface area (Å²) >= 11 is 0. The third kappa shape index (κ3) is 4.62. The molecule has 30 heavy (non-hydrogen) atoms. The second-order valence-electron chi connectivity index (χ2n) is 6.05. The Morgan fingerprint density at radius 3 is 2.33 bits per heavy atom. The van der Waals surface area contributed by atoms with Crippen LogP contribution in [-0.2, 0) is 0 Å². The van der Waals surface area contributed by atoms with Crippen LogP contribution in [0.1, 0.15) is 15.9 Å². The van der Waals surface area contributed by atoms with Crippen LogP contribution < -0.4 is 16.2 Å². The number of nitrogens with one attached hydrogen (secondary N) is 3. The maximum Gasteiger partial charge on any atom is 0.355 e. The number of aromatic nitrogens is 2. The summed E-state index contributed by atoms with van der Waals surface area (Å²) < 4.78 is 0. The van der Waals surface area contributed by atoms with Gasteiger partial charge >= 0.3 is 5.69 Å². The second-order valence-corrected chi connectivity index (χ2v) is 6.05.